The van der Waals surface area contributed by atoms with Gasteiger partial charge in [-0.15, -0.1) is 0 Å². The van der Waals surface area contributed by atoms with Crippen LogP contribution in [-0.2, 0) is 0 Å². The van der Waals surface area contributed by atoms with Gasteiger partial charge in [-0.3, -0.25) is 10.1 Å². The van der Waals surface area contributed by atoms with Gasteiger partial charge in [0.2, 0.25) is 0 Å². The summed E-state index contributed by atoms with van der Waals surface area (Å²) in [5.74, 6) is 0.967. The smallest absolute Gasteiger partial charge is 0.433 e. The SMILES string of the molecule is CCOc1ccc(C(NC)c2ccc([N+](=O)[O-])o2)c(Br)c1. The standard InChI is InChI=1S/C14H15BrN2O4/c1-3-20-9-4-5-10(11(15)8-9)14(16-2)12-6-7-13(21-12)17(18)19/h4-8,14,16H,3H2,1-2H3. The van der Waals surface area contributed by atoms with Gasteiger partial charge in [0.25, 0.3) is 0 Å². The Morgan fingerprint density at radius 2 is 2.19 bits per heavy atom. The summed E-state index contributed by atoms with van der Waals surface area (Å²) < 4.78 is 11.5. The summed E-state index contributed by atoms with van der Waals surface area (Å²) in [7, 11) is 1.77. The number of ether oxygens (including phenoxy) is 1. The van der Waals surface area contributed by atoms with Crippen molar-refractivity contribution in [3.8, 4) is 5.75 Å². The monoisotopic (exact) mass is 354 g/mol. The first-order valence-electron chi connectivity index (χ1n) is 6.40. The zero-order chi connectivity index (χ0) is 15.4. The molecule has 1 unspecified atom stereocenters. The highest BCUT2D eigenvalue weighted by atomic mass is 79.9. The van der Waals surface area contributed by atoms with Crippen LogP contribution in [0.5, 0.6) is 5.75 Å². The van der Waals surface area contributed by atoms with E-state index in [-0.39, 0.29) is 11.9 Å². The largest absolute Gasteiger partial charge is 0.494 e. The molecular formula is C14H15BrN2O4. The Bertz CT molecular complexity index is 642. The lowest BCUT2D eigenvalue weighted by Crippen LogP contribution is -2.17. The summed E-state index contributed by atoms with van der Waals surface area (Å²) >= 11 is 3.50. The van der Waals surface area contributed by atoms with Gasteiger partial charge in [-0.25, -0.2) is 0 Å². The van der Waals surface area contributed by atoms with Crippen molar-refractivity contribution in [2.75, 3.05) is 13.7 Å². The summed E-state index contributed by atoms with van der Waals surface area (Å²) in [6.07, 6.45) is 0. The predicted molar refractivity (Wildman–Crippen MR) is 81.6 cm³/mol. The number of halogens is 1. The van der Waals surface area contributed by atoms with E-state index in [1.807, 2.05) is 25.1 Å². The zero-order valence-corrected chi connectivity index (χ0v) is 13.2. The topological polar surface area (TPSA) is 77.5 Å². The highest BCUT2D eigenvalue weighted by Crippen LogP contribution is 2.33. The number of hydrogen-bond acceptors (Lipinski definition) is 5. The van der Waals surface area contributed by atoms with E-state index in [4.69, 9.17) is 9.15 Å². The van der Waals surface area contributed by atoms with Gasteiger partial charge < -0.3 is 14.5 Å². The quantitative estimate of drug-likeness (QED) is 0.632. The molecule has 2 aromatic rings. The second-order valence-electron chi connectivity index (χ2n) is 4.27. The van der Waals surface area contributed by atoms with Crippen molar-refractivity contribution in [3.05, 3.63) is 56.2 Å². The molecule has 7 heteroatoms. The summed E-state index contributed by atoms with van der Waals surface area (Å²) in [5.41, 5.74) is 0.908. The minimum atomic E-state index is -0.552. The molecule has 1 atom stereocenters. The Labute approximate surface area is 130 Å². The van der Waals surface area contributed by atoms with Crippen molar-refractivity contribution in [3.63, 3.8) is 0 Å². The molecule has 21 heavy (non-hydrogen) atoms. The number of nitrogens with one attached hydrogen (secondary N) is 1. The predicted octanol–water partition coefficient (Wildman–Crippen LogP) is 3.66. The maximum atomic E-state index is 10.7. The molecule has 0 bridgehead atoms. The lowest BCUT2D eigenvalue weighted by molar-refractivity contribution is -0.402. The van der Waals surface area contributed by atoms with Gasteiger partial charge in [-0.05, 0) is 37.7 Å². The Morgan fingerprint density at radius 1 is 1.43 bits per heavy atom. The van der Waals surface area contributed by atoms with E-state index in [2.05, 4.69) is 21.2 Å². The van der Waals surface area contributed by atoms with Crippen LogP contribution in [0.3, 0.4) is 0 Å². The fourth-order valence-corrected chi connectivity index (χ4v) is 2.63. The number of nitro groups is 1. The number of hydrogen-bond donors (Lipinski definition) is 1. The van der Waals surface area contributed by atoms with Crippen LogP contribution < -0.4 is 10.1 Å². The summed E-state index contributed by atoms with van der Waals surface area (Å²) in [5, 5.41) is 13.8. The molecule has 0 aliphatic carbocycles. The van der Waals surface area contributed by atoms with Crippen LogP contribution in [0.15, 0.2) is 39.2 Å². The Morgan fingerprint density at radius 3 is 2.71 bits per heavy atom. The third-order valence-corrected chi connectivity index (χ3v) is 3.65. The first kappa shape index (κ1) is 15.5. The van der Waals surface area contributed by atoms with Crippen molar-refractivity contribution in [1.82, 2.24) is 5.32 Å². The third kappa shape index (κ3) is 3.43. The highest BCUT2D eigenvalue weighted by Gasteiger charge is 2.22. The van der Waals surface area contributed by atoms with E-state index in [0.29, 0.717) is 12.4 Å². The number of rotatable bonds is 6. The molecule has 0 fully saturated rings. The molecule has 0 saturated heterocycles. The number of nitrogens with zero attached hydrogens (tertiary/aromatic N) is 1. The first-order valence-corrected chi connectivity index (χ1v) is 7.19. The lowest BCUT2D eigenvalue weighted by Gasteiger charge is -2.16. The van der Waals surface area contributed by atoms with E-state index in [0.717, 1.165) is 15.8 Å². The molecule has 0 aliphatic rings. The van der Waals surface area contributed by atoms with Crippen LogP contribution in [0.4, 0.5) is 5.88 Å². The van der Waals surface area contributed by atoms with Crippen molar-refractivity contribution in [2.45, 2.75) is 13.0 Å². The van der Waals surface area contributed by atoms with Gasteiger partial charge >= 0.3 is 5.88 Å². The number of benzene rings is 1. The number of furan rings is 1. The van der Waals surface area contributed by atoms with E-state index < -0.39 is 4.92 Å². The van der Waals surface area contributed by atoms with E-state index in [9.17, 15) is 10.1 Å². The summed E-state index contributed by atoms with van der Waals surface area (Å²) in [6.45, 7) is 2.51. The fraction of sp³-hybridized carbons (Fsp3) is 0.286. The summed E-state index contributed by atoms with van der Waals surface area (Å²) in [4.78, 5) is 10.2. The molecule has 1 aromatic carbocycles. The Balaban J connectivity index is 2.34. The van der Waals surface area contributed by atoms with Crippen LogP contribution in [0, 0.1) is 10.1 Å². The molecular weight excluding hydrogens is 340 g/mol. The van der Waals surface area contributed by atoms with Crippen LogP contribution >= 0.6 is 15.9 Å². The molecule has 2 rings (SSSR count). The average Bonchev–Trinajstić information content (AvgIpc) is 2.92. The lowest BCUT2D eigenvalue weighted by atomic mass is 10.0. The van der Waals surface area contributed by atoms with Crippen LogP contribution in [0.25, 0.3) is 0 Å². The van der Waals surface area contributed by atoms with Crippen molar-refractivity contribution in [2.24, 2.45) is 0 Å². The van der Waals surface area contributed by atoms with E-state index in [1.54, 1.807) is 13.1 Å². The van der Waals surface area contributed by atoms with Crippen molar-refractivity contribution in [1.29, 1.82) is 0 Å². The zero-order valence-electron chi connectivity index (χ0n) is 11.6. The van der Waals surface area contributed by atoms with Gasteiger partial charge in [0, 0.05) is 4.47 Å². The fourth-order valence-electron chi connectivity index (χ4n) is 2.04. The summed E-state index contributed by atoms with van der Waals surface area (Å²) in [6, 6.07) is 8.27. The van der Waals surface area contributed by atoms with Gasteiger partial charge in [0.1, 0.15) is 16.4 Å². The Hall–Kier alpha value is -1.86. The molecule has 0 spiro atoms. The molecule has 1 N–H and O–H groups in total. The maximum Gasteiger partial charge on any atom is 0.433 e. The molecule has 0 aliphatic heterocycles. The average molecular weight is 355 g/mol. The molecule has 0 saturated carbocycles. The van der Waals surface area contributed by atoms with Gasteiger partial charge in [0.15, 0.2) is 0 Å². The molecule has 1 heterocycles. The molecule has 1 aromatic heterocycles. The van der Waals surface area contributed by atoms with E-state index >= 15 is 0 Å². The normalized spacial score (nSPS) is 12.1. The van der Waals surface area contributed by atoms with Crippen LogP contribution in [0.1, 0.15) is 24.3 Å². The minimum Gasteiger partial charge on any atom is -0.494 e. The van der Waals surface area contributed by atoms with Gasteiger partial charge in [-0.2, -0.15) is 0 Å². The van der Waals surface area contributed by atoms with Crippen molar-refractivity contribution >= 4 is 21.8 Å². The third-order valence-electron chi connectivity index (χ3n) is 2.96. The molecule has 0 radical (unpaired) electrons. The highest BCUT2D eigenvalue weighted by molar-refractivity contribution is 9.10. The van der Waals surface area contributed by atoms with E-state index in [1.165, 1.54) is 6.07 Å². The van der Waals surface area contributed by atoms with Crippen molar-refractivity contribution < 1.29 is 14.1 Å². The van der Waals surface area contributed by atoms with Gasteiger partial charge in [0.05, 0.1) is 18.7 Å². The molecule has 112 valence electrons. The van der Waals surface area contributed by atoms with Gasteiger partial charge in [-0.1, -0.05) is 22.0 Å². The molecule has 6 nitrogen and oxygen atoms in total. The Kier molecular flexibility index (Phi) is 4.98. The second-order valence-corrected chi connectivity index (χ2v) is 5.13. The maximum absolute atomic E-state index is 10.7. The second kappa shape index (κ2) is 6.73. The van der Waals surface area contributed by atoms with Crippen LogP contribution in [0.2, 0.25) is 0 Å². The van der Waals surface area contributed by atoms with Crippen LogP contribution in [-0.4, -0.2) is 18.6 Å². The molecule has 0 amide bonds. The first-order chi connectivity index (χ1) is 10.1. The minimum absolute atomic E-state index is 0.271.